The van der Waals surface area contributed by atoms with Crippen LogP contribution < -0.4 is 45.7 Å². The third-order valence-corrected chi connectivity index (χ3v) is 23.3. The summed E-state index contributed by atoms with van der Waals surface area (Å²) in [4.78, 5) is 0. The van der Waals surface area contributed by atoms with E-state index in [-0.39, 0.29) is 24.8 Å². The summed E-state index contributed by atoms with van der Waals surface area (Å²) in [6, 6.07) is 33.6. The van der Waals surface area contributed by atoms with E-state index in [1.54, 1.807) is 11.1 Å². The molecule has 10 saturated carbocycles. The van der Waals surface area contributed by atoms with Gasteiger partial charge in [0.05, 0.1) is 0 Å². The van der Waals surface area contributed by atoms with Crippen molar-refractivity contribution >= 4 is 29.7 Å². The van der Waals surface area contributed by atoms with Gasteiger partial charge in [0.15, 0.2) is 0 Å². The van der Waals surface area contributed by atoms with E-state index in [2.05, 4.69) is 121 Å². The van der Waals surface area contributed by atoms with Crippen LogP contribution in [0.15, 0.2) is 108 Å². The number of halogens is 5. The van der Waals surface area contributed by atoms with Crippen LogP contribution in [0.3, 0.4) is 0 Å². The van der Waals surface area contributed by atoms with Gasteiger partial charge in [-0.25, -0.2) is 0 Å². The molecule has 0 unspecified atom stereocenters. The van der Waals surface area contributed by atoms with Crippen molar-refractivity contribution in [2.24, 2.45) is 47.3 Å². The summed E-state index contributed by atoms with van der Waals surface area (Å²) in [6.45, 7) is 1.93. The molecule has 0 atom stereocenters. The Hall–Kier alpha value is -2.69. The van der Waals surface area contributed by atoms with Gasteiger partial charge in [-0.1, -0.05) is 161 Å². The number of hydrogen-bond donors (Lipinski definition) is 0. The predicted octanol–water partition coefficient (Wildman–Crippen LogP) is 10.5. The minimum atomic E-state index is -3.93. The zero-order chi connectivity index (χ0) is 51.2. The van der Waals surface area contributed by atoms with Gasteiger partial charge in [0.2, 0.25) is 0 Å². The standard InChI is InChI=1S/2C33H37.C4H7F3Si.2ClH.Zr/c2*1-2-4-7-23(6-3-1)14-24-18-29-8-5-9-31(32(29)19-24)28-10-12-30(13-11-28)33-20-25-15-26(21-33)17-27(16-25)22-33;1-8-3-2-4(5,6)7;;;/h2*5,8-14,19,23,25-27H,1-4,6-7,15-17,20-22H2;2-3H2,1H3;2*1H;/q2*-1;;;;+2/p-2. The smallest absolute Gasteiger partial charge is 0.00391 e. The number of fused-ring (bicyclic) bond motifs is 2. The minimum absolute atomic E-state index is 0. The molecule has 0 radical (unpaired) electrons. The van der Waals surface area contributed by atoms with Crippen LogP contribution in [0.25, 0.3) is 46.6 Å². The van der Waals surface area contributed by atoms with Crippen LogP contribution in [0.2, 0.25) is 12.6 Å². The predicted molar refractivity (Wildman–Crippen MR) is 303 cm³/mol. The van der Waals surface area contributed by atoms with E-state index in [1.807, 2.05) is 6.55 Å². The van der Waals surface area contributed by atoms with E-state index in [0.717, 1.165) is 47.3 Å². The molecule has 12 aliphatic rings. The summed E-state index contributed by atoms with van der Waals surface area (Å²) in [7, 11) is 0. The summed E-state index contributed by atoms with van der Waals surface area (Å²) in [6.07, 6.45) is 47.3. The number of hydrogen-bond acceptors (Lipinski definition) is 0. The van der Waals surface area contributed by atoms with Crippen LogP contribution in [0.1, 0.15) is 172 Å². The van der Waals surface area contributed by atoms with Crippen LogP contribution in [-0.4, -0.2) is 11.6 Å². The molecule has 406 valence electrons. The van der Waals surface area contributed by atoms with Crippen molar-refractivity contribution in [2.45, 2.75) is 190 Å². The number of alkyl halides is 3. The first-order chi connectivity index (χ1) is 36.4. The Kier molecular flexibility index (Phi) is 18.5. The van der Waals surface area contributed by atoms with Crippen molar-refractivity contribution in [1.29, 1.82) is 0 Å². The Morgan fingerprint density at radius 1 is 0.506 bits per heavy atom. The molecule has 0 heterocycles. The molecule has 10 fully saturated rings. The van der Waals surface area contributed by atoms with Crippen LogP contribution in [0, 0.1) is 47.3 Å². The maximum atomic E-state index is 11.4. The Morgan fingerprint density at radius 2 is 0.844 bits per heavy atom. The molecule has 0 aromatic heterocycles. The average molecular weight is 1170 g/mol. The largest absolute Gasteiger partial charge is 1.00 e. The molecular weight excluding hydrogens is 1090 g/mol. The zero-order valence-corrected chi connectivity index (χ0v) is 50.8. The van der Waals surface area contributed by atoms with Crippen molar-refractivity contribution in [3.63, 3.8) is 0 Å². The second kappa shape index (κ2) is 24.8. The molecule has 0 aliphatic heterocycles. The Bertz CT molecular complexity index is 2780. The quantitative estimate of drug-likeness (QED) is 0.0937. The molecule has 12 aliphatic carbocycles. The summed E-state index contributed by atoms with van der Waals surface area (Å²) in [5.74, 6) is 7.52. The van der Waals surface area contributed by atoms with E-state index in [9.17, 15) is 13.2 Å². The maximum Gasteiger partial charge on any atom is -0.00391 e. The Labute approximate surface area is 487 Å². The van der Waals surface area contributed by atoms with E-state index < -0.39 is 18.0 Å². The van der Waals surface area contributed by atoms with E-state index in [0.29, 0.717) is 16.9 Å². The van der Waals surface area contributed by atoms with Crippen molar-refractivity contribution in [3.05, 3.63) is 140 Å². The molecule has 0 spiro atoms. The topological polar surface area (TPSA) is 0 Å². The zero-order valence-electron chi connectivity index (χ0n) is 45.8. The van der Waals surface area contributed by atoms with E-state index >= 15 is 0 Å². The molecule has 0 nitrogen and oxygen atoms in total. The third kappa shape index (κ3) is 13.3. The van der Waals surface area contributed by atoms with E-state index in [1.165, 1.54) is 232 Å². The molecule has 77 heavy (non-hydrogen) atoms. The van der Waals surface area contributed by atoms with Crippen molar-refractivity contribution in [1.82, 2.24) is 0 Å². The normalized spacial score (nSPS) is 30.6. The fourth-order valence-corrected chi connectivity index (χ4v) is 19.3. The maximum absolute atomic E-state index is 11.4. The van der Waals surface area contributed by atoms with Gasteiger partial charge in [0.1, 0.15) is 0 Å². The molecule has 0 amide bonds. The molecule has 4 aromatic carbocycles. The van der Waals surface area contributed by atoms with Gasteiger partial charge in [-0.15, -0.1) is 80.6 Å². The first kappa shape index (κ1) is 57.5. The molecule has 4 aromatic rings. The Morgan fingerprint density at radius 3 is 1.14 bits per heavy atom. The molecule has 7 heteroatoms. The Balaban J connectivity index is 0.000000148. The monoisotopic (exact) mass is 1170 g/mol. The van der Waals surface area contributed by atoms with Crippen LogP contribution in [0.4, 0.5) is 13.2 Å². The fourth-order valence-electron chi connectivity index (χ4n) is 17.8. The molecule has 16 rings (SSSR count). The second-order valence-corrected chi connectivity index (χ2v) is 34.6. The fraction of sp³-hybridized carbons (Fsp3) is 0.543. The van der Waals surface area contributed by atoms with Gasteiger partial charge in [0, 0.05) is 0 Å². The molecule has 0 N–H and O–H groups in total. The summed E-state index contributed by atoms with van der Waals surface area (Å²) in [5.41, 5.74) is 11.8. The second-order valence-electron chi connectivity index (χ2n) is 26.3. The van der Waals surface area contributed by atoms with Gasteiger partial charge in [-0.3, -0.25) is 0 Å². The third-order valence-electron chi connectivity index (χ3n) is 20.5. The molecule has 8 bridgehead atoms. The summed E-state index contributed by atoms with van der Waals surface area (Å²) < 4.78 is 34.3. The SMILES string of the molecule is C[Si](=[Zr+2])CCC(F)(F)F.[C-]1=c2cccc(-c3ccc(C45CC6CC(CC(C6)C4)C5)cc3)c2=CC1=CC1CCCCCC1.[C-]1=c2cccc(-c3ccc(C45CC6CC(CC(C6)C4)C5)cc3)c2=CC1=CC1CCCCCC1.[Cl-].[Cl-]. The van der Waals surface area contributed by atoms with Gasteiger partial charge in [-0.2, -0.15) is 0 Å². The van der Waals surface area contributed by atoms with Crippen LogP contribution >= 0.6 is 0 Å². The van der Waals surface area contributed by atoms with Gasteiger partial charge < -0.3 is 24.8 Å². The van der Waals surface area contributed by atoms with Crippen molar-refractivity contribution in [2.75, 3.05) is 0 Å². The number of allylic oxidation sites excluding steroid dienone is 4. The van der Waals surface area contributed by atoms with Crippen molar-refractivity contribution in [3.8, 4) is 22.3 Å². The van der Waals surface area contributed by atoms with Gasteiger partial charge in [-0.05, 0) is 157 Å². The summed E-state index contributed by atoms with van der Waals surface area (Å²) >= 11 is 1.29. The van der Waals surface area contributed by atoms with Crippen LogP contribution in [0.5, 0.6) is 0 Å². The number of rotatable bonds is 8. The minimum Gasteiger partial charge on any atom is -1.00 e. The van der Waals surface area contributed by atoms with Gasteiger partial charge >= 0.3 is 67.1 Å². The van der Waals surface area contributed by atoms with Crippen molar-refractivity contribution < 1.29 is 61.3 Å². The van der Waals surface area contributed by atoms with Crippen LogP contribution in [-0.2, 0) is 34.2 Å². The first-order valence-electron chi connectivity index (χ1n) is 30.2. The number of benzene rings is 4. The molecule has 0 saturated heterocycles. The molecular formula is C70H81Cl2F3SiZr-2. The first-order valence-corrected chi connectivity index (χ1v) is 36.1. The van der Waals surface area contributed by atoms with Gasteiger partial charge in [0.25, 0.3) is 0 Å². The average Bonchev–Trinajstić information content (AvgIpc) is 3.78. The van der Waals surface area contributed by atoms with E-state index in [4.69, 9.17) is 0 Å². The summed E-state index contributed by atoms with van der Waals surface area (Å²) in [5, 5.41) is 5.30.